The molecule has 2 heteroatoms. The molecule has 0 heterocycles. The first kappa shape index (κ1) is 13.4. The largest absolute Gasteiger partial charge is 0.491 e. The normalized spacial score (nSPS) is 18.7. The first-order chi connectivity index (χ1) is 8.56. The number of hydrogen-bond acceptors (Lipinski definition) is 2. The lowest BCUT2D eigenvalue weighted by Gasteiger charge is -2.21. The maximum Gasteiger partial charge on any atom is 0.120 e. The molecule has 1 fully saturated rings. The van der Waals surface area contributed by atoms with Crippen molar-refractivity contribution in [1.29, 1.82) is 0 Å². The van der Waals surface area contributed by atoms with Crippen LogP contribution in [0.25, 0.3) is 0 Å². The van der Waals surface area contributed by atoms with Crippen LogP contribution in [0.5, 0.6) is 5.75 Å². The molecule has 0 aliphatic heterocycles. The van der Waals surface area contributed by atoms with Crippen molar-refractivity contribution in [2.24, 2.45) is 5.92 Å². The lowest BCUT2D eigenvalue weighted by Crippen LogP contribution is -2.30. The van der Waals surface area contributed by atoms with Crippen LogP contribution in [0.4, 0.5) is 0 Å². The number of rotatable bonds is 6. The van der Waals surface area contributed by atoms with E-state index in [1.54, 1.807) is 0 Å². The Hall–Kier alpha value is -1.02. The topological polar surface area (TPSA) is 21.3 Å². The van der Waals surface area contributed by atoms with Gasteiger partial charge in [-0.05, 0) is 64.2 Å². The lowest BCUT2D eigenvalue weighted by molar-refractivity contribution is 0.242. The summed E-state index contributed by atoms with van der Waals surface area (Å²) < 4.78 is 5.74. The Bertz CT molecular complexity index is 384. The zero-order valence-electron chi connectivity index (χ0n) is 11.9. The van der Waals surface area contributed by atoms with Gasteiger partial charge < -0.3 is 10.1 Å². The Morgan fingerprint density at radius 2 is 1.89 bits per heavy atom. The molecule has 1 aliphatic rings. The molecule has 0 bridgehead atoms. The van der Waals surface area contributed by atoms with E-state index in [0.717, 1.165) is 11.7 Å². The molecule has 0 amide bonds. The molecule has 0 radical (unpaired) electrons. The fourth-order valence-electron chi connectivity index (χ4n) is 2.35. The van der Waals surface area contributed by atoms with E-state index >= 15 is 0 Å². The van der Waals surface area contributed by atoms with Gasteiger partial charge in [0.05, 0.1) is 6.10 Å². The van der Waals surface area contributed by atoms with Crippen LogP contribution >= 0.6 is 0 Å². The molecule has 18 heavy (non-hydrogen) atoms. The van der Waals surface area contributed by atoms with Crippen molar-refractivity contribution in [2.75, 3.05) is 0 Å². The maximum atomic E-state index is 5.74. The quantitative estimate of drug-likeness (QED) is 0.822. The third kappa shape index (κ3) is 3.74. The van der Waals surface area contributed by atoms with Gasteiger partial charge in [-0.2, -0.15) is 0 Å². The van der Waals surface area contributed by atoms with Gasteiger partial charge in [0.2, 0.25) is 0 Å². The molecule has 1 aliphatic carbocycles. The van der Waals surface area contributed by atoms with Gasteiger partial charge in [0.25, 0.3) is 0 Å². The van der Waals surface area contributed by atoms with Crippen molar-refractivity contribution < 1.29 is 4.74 Å². The fraction of sp³-hybridized carbons (Fsp3) is 0.625. The second-order valence-corrected chi connectivity index (χ2v) is 5.75. The minimum atomic E-state index is 0.230. The Morgan fingerprint density at radius 3 is 2.50 bits per heavy atom. The first-order valence-electron chi connectivity index (χ1n) is 7.09. The molecule has 2 atom stereocenters. The second kappa shape index (κ2) is 5.75. The highest BCUT2D eigenvalue weighted by Crippen LogP contribution is 2.33. The standard InChI is InChI=1S/C16H25NO/c1-11(2)18-16-7-5-6-15(10-16)13(4)17-12(3)14-8-9-14/h5-7,10-14,17H,8-9H2,1-4H3. The molecule has 2 rings (SSSR count). The van der Waals surface area contributed by atoms with E-state index in [-0.39, 0.29) is 6.10 Å². The summed E-state index contributed by atoms with van der Waals surface area (Å²) in [5, 5.41) is 3.68. The predicted molar refractivity (Wildman–Crippen MR) is 75.9 cm³/mol. The lowest BCUT2D eigenvalue weighted by atomic mass is 10.1. The van der Waals surface area contributed by atoms with Crippen LogP contribution < -0.4 is 10.1 Å². The summed E-state index contributed by atoms with van der Waals surface area (Å²) in [6, 6.07) is 9.43. The molecule has 1 N–H and O–H groups in total. The van der Waals surface area contributed by atoms with Crippen molar-refractivity contribution in [3.05, 3.63) is 29.8 Å². The van der Waals surface area contributed by atoms with Gasteiger partial charge >= 0.3 is 0 Å². The third-order valence-corrected chi connectivity index (χ3v) is 3.57. The second-order valence-electron chi connectivity index (χ2n) is 5.75. The highest BCUT2D eigenvalue weighted by Gasteiger charge is 2.28. The molecule has 100 valence electrons. The molecule has 0 saturated heterocycles. The molecule has 1 aromatic carbocycles. The van der Waals surface area contributed by atoms with Crippen LogP contribution in [0.15, 0.2) is 24.3 Å². The zero-order valence-corrected chi connectivity index (χ0v) is 11.9. The zero-order chi connectivity index (χ0) is 13.1. The fourth-order valence-corrected chi connectivity index (χ4v) is 2.35. The van der Waals surface area contributed by atoms with Crippen LogP contribution in [-0.4, -0.2) is 12.1 Å². The van der Waals surface area contributed by atoms with Gasteiger partial charge in [-0.25, -0.2) is 0 Å². The van der Waals surface area contributed by atoms with Gasteiger partial charge in [0.15, 0.2) is 0 Å². The molecule has 2 unspecified atom stereocenters. The van der Waals surface area contributed by atoms with E-state index in [1.165, 1.54) is 18.4 Å². The number of hydrogen-bond donors (Lipinski definition) is 1. The summed E-state index contributed by atoms with van der Waals surface area (Å²) in [4.78, 5) is 0. The van der Waals surface area contributed by atoms with Crippen molar-refractivity contribution >= 4 is 0 Å². The van der Waals surface area contributed by atoms with E-state index in [1.807, 2.05) is 6.07 Å². The van der Waals surface area contributed by atoms with Crippen molar-refractivity contribution in [3.8, 4) is 5.75 Å². The van der Waals surface area contributed by atoms with E-state index in [2.05, 4.69) is 51.2 Å². The smallest absolute Gasteiger partial charge is 0.120 e. The average Bonchev–Trinajstić information content (AvgIpc) is 3.12. The minimum absolute atomic E-state index is 0.230. The molecule has 1 aromatic rings. The van der Waals surface area contributed by atoms with Crippen LogP contribution in [0.3, 0.4) is 0 Å². The highest BCUT2D eigenvalue weighted by molar-refractivity contribution is 5.30. The molecule has 0 spiro atoms. The van der Waals surface area contributed by atoms with Crippen LogP contribution in [0.2, 0.25) is 0 Å². The van der Waals surface area contributed by atoms with Crippen LogP contribution in [0.1, 0.15) is 52.1 Å². The number of ether oxygens (including phenoxy) is 1. The van der Waals surface area contributed by atoms with Crippen molar-refractivity contribution in [2.45, 2.75) is 58.7 Å². The van der Waals surface area contributed by atoms with Gasteiger partial charge in [-0.1, -0.05) is 12.1 Å². The Kier molecular flexibility index (Phi) is 4.28. The monoisotopic (exact) mass is 247 g/mol. The number of nitrogens with one attached hydrogen (secondary N) is 1. The molecule has 0 aromatic heterocycles. The summed E-state index contributed by atoms with van der Waals surface area (Å²) in [5.74, 6) is 1.86. The van der Waals surface area contributed by atoms with Gasteiger partial charge in [0, 0.05) is 12.1 Å². The Morgan fingerprint density at radius 1 is 1.17 bits per heavy atom. The van der Waals surface area contributed by atoms with Gasteiger partial charge in [-0.15, -0.1) is 0 Å². The van der Waals surface area contributed by atoms with E-state index in [9.17, 15) is 0 Å². The minimum Gasteiger partial charge on any atom is -0.491 e. The van der Waals surface area contributed by atoms with Crippen LogP contribution in [-0.2, 0) is 0 Å². The Labute approximate surface area is 111 Å². The summed E-state index contributed by atoms with van der Waals surface area (Å²) in [6.45, 7) is 8.64. The SMILES string of the molecule is CC(C)Oc1cccc(C(C)NC(C)C2CC2)c1. The molecular weight excluding hydrogens is 222 g/mol. The summed E-state index contributed by atoms with van der Waals surface area (Å²) in [6.07, 6.45) is 3.00. The molecular formula is C16H25NO. The molecule has 1 saturated carbocycles. The van der Waals surface area contributed by atoms with Gasteiger partial charge in [-0.3, -0.25) is 0 Å². The van der Waals surface area contributed by atoms with Crippen molar-refractivity contribution in [3.63, 3.8) is 0 Å². The van der Waals surface area contributed by atoms with E-state index in [4.69, 9.17) is 4.74 Å². The predicted octanol–water partition coefficient (Wildman–Crippen LogP) is 3.92. The maximum absolute atomic E-state index is 5.74. The summed E-state index contributed by atoms with van der Waals surface area (Å²) in [5.41, 5.74) is 1.31. The third-order valence-electron chi connectivity index (χ3n) is 3.57. The number of benzene rings is 1. The average molecular weight is 247 g/mol. The summed E-state index contributed by atoms with van der Waals surface area (Å²) in [7, 11) is 0. The molecule has 2 nitrogen and oxygen atoms in total. The first-order valence-corrected chi connectivity index (χ1v) is 7.09. The highest BCUT2D eigenvalue weighted by atomic mass is 16.5. The van der Waals surface area contributed by atoms with E-state index in [0.29, 0.717) is 12.1 Å². The van der Waals surface area contributed by atoms with Crippen LogP contribution in [0, 0.1) is 5.92 Å². The summed E-state index contributed by atoms with van der Waals surface area (Å²) >= 11 is 0. The van der Waals surface area contributed by atoms with E-state index < -0.39 is 0 Å². The Balaban J connectivity index is 1.97. The van der Waals surface area contributed by atoms with Gasteiger partial charge in [0.1, 0.15) is 5.75 Å². The van der Waals surface area contributed by atoms with Crippen molar-refractivity contribution in [1.82, 2.24) is 5.32 Å².